The van der Waals surface area contributed by atoms with Crippen LogP contribution in [0.5, 0.6) is 0 Å². The summed E-state index contributed by atoms with van der Waals surface area (Å²) < 4.78 is 9.97. The van der Waals surface area contributed by atoms with Crippen LogP contribution in [-0.4, -0.2) is 26.8 Å². The number of rotatable bonds is 5. The molecule has 4 heteroatoms. The Morgan fingerprint density at radius 3 is 2.57 bits per heavy atom. The number of esters is 1. The number of halogens is 1. The highest BCUT2D eigenvalue weighted by Gasteiger charge is 2.24. The van der Waals surface area contributed by atoms with E-state index >= 15 is 0 Å². The first-order chi connectivity index (χ1) is 10.2. The van der Waals surface area contributed by atoms with Gasteiger partial charge in [0.05, 0.1) is 13.7 Å². The predicted octanol–water partition coefficient (Wildman–Crippen LogP) is 4.29. The zero-order valence-electron chi connectivity index (χ0n) is 12.7. The Hall–Kier alpha value is -1.06. The van der Waals surface area contributed by atoms with E-state index < -0.39 is 5.92 Å². The first kappa shape index (κ1) is 16.3. The molecule has 0 bridgehead atoms. The molecule has 0 aliphatic heterocycles. The number of hydrogen-bond donors (Lipinski definition) is 0. The van der Waals surface area contributed by atoms with Crippen molar-refractivity contribution < 1.29 is 14.3 Å². The SMILES string of the molecule is COCC(C(=O)OC)c1ccc(C2CCCCC2)c(Cl)c1. The van der Waals surface area contributed by atoms with Crippen LogP contribution in [0.2, 0.25) is 5.02 Å². The van der Waals surface area contributed by atoms with E-state index in [-0.39, 0.29) is 5.97 Å². The molecule has 21 heavy (non-hydrogen) atoms. The highest BCUT2D eigenvalue weighted by atomic mass is 35.5. The topological polar surface area (TPSA) is 35.5 Å². The summed E-state index contributed by atoms with van der Waals surface area (Å²) >= 11 is 6.46. The fourth-order valence-electron chi connectivity index (χ4n) is 3.11. The summed E-state index contributed by atoms with van der Waals surface area (Å²) in [5.41, 5.74) is 2.06. The van der Waals surface area contributed by atoms with Crippen molar-refractivity contribution in [2.75, 3.05) is 20.8 Å². The van der Waals surface area contributed by atoms with E-state index in [1.54, 1.807) is 7.11 Å². The van der Waals surface area contributed by atoms with Crippen LogP contribution >= 0.6 is 11.6 Å². The van der Waals surface area contributed by atoms with Gasteiger partial charge in [-0.25, -0.2) is 0 Å². The van der Waals surface area contributed by atoms with Crippen LogP contribution in [0.25, 0.3) is 0 Å². The lowest BCUT2D eigenvalue weighted by atomic mass is 9.83. The minimum absolute atomic E-state index is 0.293. The Kier molecular flexibility index (Phi) is 6.07. The molecule has 116 valence electrons. The van der Waals surface area contributed by atoms with E-state index in [1.807, 2.05) is 12.1 Å². The molecule has 0 aromatic heterocycles. The van der Waals surface area contributed by atoms with E-state index in [0.29, 0.717) is 12.5 Å². The molecule has 0 saturated heterocycles. The van der Waals surface area contributed by atoms with Gasteiger partial charge >= 0.3 is 5.97 Å². The van der Waals surface area contributed by atoms with E-state index in [1.165, 1.54) is 44.8 Å². The lowest BCUT2D eigenvalue weighted by Gasteiger charge is -2.24. The Balaban J connectivity index is 2.22. The summed E-state index contributed by atoms with van der Waals surface area (Å²) in [5, 5.41) is 0.754. The van der Waals surface area contributed by atoms with Crippen LogP contribution in [0.4, 0.5) is 0 Å². The zero-order chi connectivity index (χ0) is 15.2. The largest absolute Gasteiger partial charge is 0.468 e. The van der Waals surface area contributed by atoms with Gasteiger partial charge < -0.3 is 9.47 Å². The van der Waals surface area contributed by atoms with Crippen molar-refractivity contribution in [3.8, 4) is 0 Å². The second kappa shape index (κ2) is 7.81. The molecule has 1 unspecified atom stereocenters. The lowest BCUT2D eigenvalue weighted by Crippen LogP contribution is -2.19. The van der Waals surface area contributed by atoms with Gasteiger partial charge in [0.1, 0.15) is 5.92 Å². The molecule has 1 aliphatic carbocycles. The van der Waals surface area contributed by atoms with Gasteiger partial charge in [-0.2, -0.15) is 0 Å². The number of carbonyl (C=O) groups is 1. The molecule has 2 rings (SSSR count). The summed E-state index contributed by atoms with van der Waals surface area (Å²) in [6, 6.07) is 5.95. The molecule has 0 heterocycles. The minimum Gasteiger partial charge on any atom is -0.468 e. The third-order valence-corrected chi connectivity index (χ3v) is 4.62. The molecule has 1 aromatic rings. The molecule has 1 aliphatic rings. The quantitative estimate of drug-likeness (QED) is 0.761. The van der Waals surface area contributed by atoms with E-state index in [9.17, 15) is 4.79 Å². The van der Waals surface area contributed by atoms with Crippen LogP contribution in [0.1, 0.15) is 55.1 Å². The first-order valence-electron chi connectivity index (χ1n) is 7.53. The highest BCUT2D eigenvalue weighted by molar-refractivity contribution is 6.31. The Bertz CT molecular complexity index is 481. The molecule has 1 fully saturated rings. The van der Waals surface area contributed by atoms with Crippen molar-refractivity contribution in [3.05, 3.63) is 34.3 Å². The molecule has 1 saturated carbocycles. The molecular formula is C17H23ClO3. The average molecular weight is 311 g/mol. The van der Waals surface area contributed by atoms with Gasteiger partial charge in [0.15, 0.2) is 0 Å². The van der Waals surface area contributed by atoms with Gasteiger partial charge in [0.25, 0.3) is 0 Å². The zero-order valence-corrected chi connectivity index (χ0v) is 13.5. The summed E-state index contributed by atoms with van der Waals surface area (Å²) in [7, 11) is 2.97. The first-order valence-corrected chi connectivity index (χ1v) is 7.91. The van der Waals surface area contributed by atoms with Gasteiger partial charge in [-0.1, -0.05) is 43.0 Å². The second-order valence-corrected chi connectivity index (χ2v) is 6.05. The Labute approximate surface area is 131 Å². The third-order valence-electron chi connectivity index (χ3n) is 4.29. The van der Waals surface area contributed by atoms with E-state index in [4.69, 9.17) is 21.1 Å². The summed E-state index contributed by atoms with van der Waals surface area (Å²) in [4.78, 5) is 11.9. The van der Waals surface area contributed by atoms with Crippen molar-refractivity contribution in [2.45, 2.75) is 43.9 Å². The number of ether oxygens (including phenoxy) is 2. The normalized spacial score (nSPS) is 17.5. The number of hydrogen-bond acceptors (Lipinski definition) is 3. The molecule has 3 nitrogen and oxygen atoms in total. The summed E-state index contributed by atoms with van der Waals surface area (Å²) in [6.07, 6.45) is 6.29. The average Bonchev–Trinajstić information content (AvgIpc) is 2.52. The molecular weight excluding hydrogens is 288 g/mol. The monoisotopic (exact) mass is 310 g/mol. The van der Waals surface area contributed by atoms with Crippen molar-refractivity contribution >= 4 is 17.6 Å². The second-order valence-electron chi connectivity index (χ2n) is 5.65. The molecule has 1 aromatic carbocycles. The van der Waals surface area contributed by atoms with Gasteiger partial charge in [-0.3, -0.25) is 4.79 Å². The van der Waals surface area contributed by atoms with Crippen LogP contribution in [0.3, 0.4) is 0 Å². The summed E-state index contributed by atoms with van der Waals surface area (Å²) in [5.74, 6) is -0.157. The van der Waals surface area contributed by atoms with E-state index in [2.05, 4.69) is 6.07 Å². The van der Waals surface area contributed by atoms with Gasteiger partial charge in [-0.15, -0.1) is 0 Å². The fourth-order valence-corrected chi connectivity index (χ4v) is 3.46. The maximum atomic E-state index is 11.9. The Morgan fingerprint density at radius 2 is 2.00 bits per heavy atom. The van der Waals surface area contributed by atoms with Gasteiger partial charge in [0.2, 0.25) is 0 Å². The van der Waals surface area contributed by atoms with Crippen molar-refractivity contribution in [3.63, 3.8) is 0 Å². The maximum Gasteiger partial charge on any atom is 0.315 e. The van der Waals surface area contributed by atoms with Crippen LogP contribution in [0, 0.1) is 0 Å². The number of benzene rings is 1. The van der Waals surface area contributed by atoms with Crippen LogP contribution in [0.15, 0.2) is 18.2 Å². The van der Waals surface area contributed by atoms with Gasteiger partial charge in [-0.05, 0) is 36.0 Å². The van der Waals surface area contributed by atoms with Crippen LogP contribution in [-0.2, 0) is 14.3 Å². The van der Waals surface area contributed by atoms with Gasteiger partial charge in [0, 0.05) is 12.1 Å². The molecule has 0 radical (unpaired) electrons. The lowest BCUT2D eigenvalue weighted by molar-refractivity contribution is -0.143. The predicted molar refractivity (Wildman–Crippen MR) is 83.9 cm³/mol. The maximum absolute atomic E-state index is 11.9. The molecule has 0 spiro atoms. The fraction of sp³-hybridized carbons (Fsp3) is 0.588. The molecule has 0 N–H and O–H groups in total. The third kappa shape index (κ3) is 3.98. The van der Waals surface area contributed by atoms with Crippen molar-refractivity contribution in [1.29, 1.82) is 0 Å². The standard InChI is InChI=1S/C17H23ClO3/c1-20-11-15(17(19)21-2)13-8-9-14(16(18)10-13)12-6-4-3-5-7-12/h8-10,12,15H,3-7,11H2,1-2H3. The van der Waals surface area contributed by atoms with E-state index in [0.717, 1.165) is 10.6 Å². The van der Waals surface area contributed by atoms with Crippen molar-refractivity contribution in [1.82, 2.24) is 0 Å². The number of carbonyl (C=O) groups excluding carboxylic acids is 1. The van der Waals surface area contributed by atoms with Crippen LogP contribution < -0.4 is 0 Å². The van der Waals surface area contributed by atoms with Crippen molar-refractivity contribution in [2.24, 2.45) is 0 Å². The minimum atomic E-state index is -0.419. The molecule has 1 atom stereocenters. The molecule has 0 amide bonds. The number of methoxy groups -OCH3 is 2. The summed E-state index contributed by atoms with van der Waals surface area (Å²) in [6.45, 7) is 0.297. The Morgan fingerprint density at radius 1 is 1.29 bits per heavy atom. The highest BCUT2D eigenvalue weighted by Crippen LogP contribution is 2.37. The smallest absolute Gasteiger partial charge is 0.315 e.